The lowest BCUT2D eigenvalue weighted by molar-refractivity contribution is 0.0626. The molecule has 13 heavy (non-hydrogen) atoms. The van der Waals surface area contributed by atoms with Gasteiger partial charge in [-0.3, -0.25) is 0 Å². The largest absolute Gasteiger partial charge is 0.391 e. The molecule has 0 aliphatic carbocycles. The Labute approximate surface area is 81.1 Å². The van der Waals surface area contributed by atoms with Crippen molar-refractivity contribution in [2.45, 2.75) is 46.0 Å². The number of aliphatic hydroxyl groups is 1. The zero-order chi connectivity index (χ0) is 10.9. The van der Waals surface area contributed by atoms with Crippen LogP contribution >= 0.6 is 0 Å². The van der Waals surface area contributed by atoms with E-state index in [4.69, 9.17) is 0 Å². The maximum Gasteiger partial charge on any atom is 0.155 e. The highest BCUT2D eigenvalue weighted by atomic mass is 32.2. The first kappa shape index (κ1) is 12.9. The minimum atomic E-state index is -3.13. The number of sulfone groups is 1. The first-order valence-electron chi connectivity index (χ1n) is 4.52. The van der Waals surface area contributed by atoms with Gasteiger partial charge in [0.05, 0.1) is 11.4 Å². The van der Waals surface area contributed by atoms with Gasteiger partial charge in [0.2, 0.25) is 0 Å². The Hall–Kier alpha value is -0.0900. The van der Waals surface area contributed by atoms with Crippen molar-refractivity contribution in [2.24, 2.45) is 5.41 Å². The lowest BCUT2D eigenvalue weighted by atomic mass is 9.87. The Morgan fingerprint density at radius 2 is 1.69 bits per heavy atom. The molecule has 0 heterocycles. The van der Waals surface area contributed by atoms with Crippen LogP contribution < -0.4 is 0 Å². The van der Waals surface area contributed by atoms with Gasteiger partial charge in [0, 0.05) is 5.75 Å². The highest BCUT2D eigenvalue weighted by Gasteiger charge is 2.34. The molecule has 0 fully saturated rings. The molecule has 0 aromatic carbocycles. The summed E-state index contributed by atoms with van der Waals surface area (Å²) in [5.74, 6) is 0.0846. The summed E-state index contributed by atoms with van der Waals surface area (Å²) in [5.41, 5.74) is -0.387. The lowest BCUT2D eigenvalue weighted by Gasteiger charge is -2.30. The van der Waals surface area contributed by atoms with Crippen molar-refractivity contribution in [3.8, 4) is 0 Å². The summed E-state index contributed by atoms with van der Waals surface area (Å²) in [7, 11) is -3.13. The predicted octanol–water partition coefficient (Wildman–Crippen LogP) is 1.22. The Bertz CT molecular complexity index is 249. The van der Waals surface area contributed by atoms with Gasteiger partial charge in [-0.1, -0.05) is 27.7 Å². The van der Waals surface area contributed by atoms with Gasteiger partial charge in [0.15, 0.2) is 9.84 Å². The average Bonchev–Trinajstić information content (AvgIpc) is 2.00. The lowest BCUT2D eigenvalue weighted by Crippen LogP contribution is -2.41. The van der Waals surface area contributed by atoms with Crippen molar-refractivity contribution in [2.75, 3.05) is 5.75 Å². The fraction of sp³-hybridized carbons (Fsp3) is 1.00. The van der Waals surface area contributed by atoms with Crippen LogP contribution in [0.1, 0.15) is 34.6 Å². The fourth-order valence-corrected chi connectivity index (χ4v) is 2.49. The third-order valence-electron chi connectivity index (χ3n) is 2.30. The van der Waals surface area contributed by atoms with Gasteiger partial charge in [-0.2, -0.15) is 0 Å². The van der Waals surface area contributed by atoms with Crippen LogP contribution in [0.2, 0.25) is 0 Å². The third kappa shape index (κ3) is 3.27. The third-order valence-corrected chi connectivity index (χ3v) is 4.50. The van der Waals surface area contributed by atoms with Crippen LogP contribution in [-0.2, 0) is 9.84 Å². The Morgan fingerprint density at radius 1 is 1.31 bits per heavy atom. The molecule has 3 nitrogen and oxygen atoms in total. The molecule has 0 aromatic rings. The molecule has 0 aromatic heterocycles. The van der Waals surface area contributed by atoms with E-state index in [2.05, 4.69) is 0 Å². The van der Waals surface area contributed by atoms with Gasteiger partial charge in [-0.25, -0.2) is 8.42 Å². The number of hydrogen-bond donors (Lipinski definition) is 1. The molecule has 4 heteroatoms. The van der Waals surface area contributed by atoms with Crippen molar-refractivity contribution in [1.82, 2.24) is 0 Å². The summed E-state index contributed by atoms with van der Waals surface area (Å²) >= 11 is 0. The smallest absolute Gasteiger partial charge is 0.155 e. The number of hydrogen-bond acceptors (Lipinski definition) is 3. The van der Waals surface area contributed by atoms with Crippen molar-refractivity contribution in [3.63, 3.8) is 0 Å². The minimum absolute atomic E-state index is 0.0846. The summed E-state index contributed by atoms with van der Waals surface area (Å²) in [5, 5.41) is 9.06. The molecule has 0 spiro atoms. The molecule has 0 aliphatic heterocycles. The highest BCUT2D eigenvalue weighted by Crippen LogP contribution is 2.25. The van der Waals surface area contributed by atoms with Crippen LogP contribution in [0.3, 0.4) is 0 Å². The SMILES string of the molecule is CCS(=O)(=O)[C@@H](C)[C@@H](O)C(C)(C)C. The minimum Gasteiger partial charge on any atom is -0.391 e. The van der Waals surface area contributed by atoms with Crippen molar-refractivity contribution in [3.05, 3.63) is 0 Å². The molecular formula is C9H20O3S. The molecule has 0 aliphatic rings. The van der Waals surface area contributed by atoms with Gasteiger partial charge in [-0.15, -0.1) is 0 Å². The quantitative estimate of drug-likeness (QED) is 0.758. The Kier molecular flexibility index (Phi) is 3.94. The number of aliphatic hydroxyl groups excluding tert-OH is 1. The van der Waals surface area contributed by atoms with Crippen molar-refractivity contribution >= 4 is 9.84 Å². The average molecular weight is 208 g/mol. The first-order chi connectivity index (χ1) is 5.63. The molecule has 0 rings (SSSR count). The van der Waals surface area contributed by atoms with E-state index in [0.717, 1.165) is 0 Å². The van der Waals surface area contributed by atoms with Crippen LogP contribution in [0.5, 0.6) is 0 Å². The van der Waals surface area contributed by atoms with Crippen LogP contribution in [0, 0.1) is 5.41 Å². The fourth-order valence-electron chi connectivity index (χ4n) is 1.16. The van der Waals surface area contributed by atoms with Crippen LogP contribution in [-0.4, -0.2) is 30.6 Å². The maximum absolute atomic E-state index is 11.4. The molecule has 1 N–H and O–H groups in total. The van der Waals surface area contributed by atoms with Gasteiger partial charge < -0.3 is 5.11 Å². The Balaban J connectivity index is 4.73. The molecule has 2 atom stereocenters. The second kappa shape index (κ2) is 3.96. The van der Waals surface area contributed by atoms with E-state index in [1.165, 1.54) is 0 Å². The highest BCUT2D eigenvalue weighted by molar-refractivity contribution is 7.92. The molecule has 80 valence electrons. The molecule has 0 bridgehead atoms. The van der Waals surface area contributed by atoms with E-state index < -0.39 is 21.2 Å². The molecule has 0 saturated carbocycles. The molecular weight excluding hydrogens is 188 g/mol. The molecule has 0 radical (unpaired) electrons. The van der Waals surface area contributed by atoms with E-state index in [9.17, 15) is 13.5 Å². The van der Waals surface area contributed by atoms with E-state index in [0.29, 0.717) is 0 Å². The zero-order valence-corrected chi connectivity index (χ0v) is 9.85. The van der Waals surface area contributed by atoms with Gasteiger partial charge in [-0.05, 0) is 12.3 Å². The van der Waals surface area contributed by atoms with Crippen LogP contribution in [0.25, 0.3) is 0 Å². The summed E-state index contributed by atoms with van der Waals surface area (Å²) < 4.78 is 22.9. The monoisotopic (exact) mass is 208 g/mol. The summed E-state index contributed by atoms with van der Waals surface area (Å²) in [6, 6.07) is 0. The van der Waals surface area contributed by atoms with E-state index in [1.807, 2.05) is 20.8 Å². The van der Waals surface area contributed by atoms with Gasteiger partial charge >= 0.3 is 0 Å². The topological polar surface area (TPSA) is 54.4 Å². The molecule has 0 amide bonds. The van der Waals surface area contributed by atoms with Crippen molar-refractivity contribution < 1.29 is 13.5 Å². The Morgan fingerprint density at radius 3 is 1.92 bits per heavy atom. The van der Waals surface area contributed by atoms with Crippen LogP contribution in [0.4, 0.5) is 0 Å². The first-order valence-corrected chi connectivity index (χ1v) is 6.24. The predicted molar refractivity (Wildman–Crippen MR) is 54.4 cm³/mol. The second-order valence-corrected chi connectivity index (χ2v) is 7.11. The normalized spacial score (nSPS) is 18.3. The summed E-state index contributed by atoms with van der Waals surface area (Å²) in [4.78, 5) is 0. The molecule has 0 saturated heterocycles. The van der Waals surface area contributed by atoms with E-state index in [1.54, 1.807) is 13.8 Å². The zero-order valence-electron chi connectivity index (χ0n) is 9.03. The number of rotatable bonds is 3. The summed E-state index contributed by atoms with van der Waals surface area (Å²) in [6.45, 7) is 8.66. The van der Waals surface area contributed by atoms with E-state index in [-0.39, 0.29) is 11.2 Å². The maximum atomic E-state index is 11.4. The summed E-state index contributed by atoms with van der Waals surface area (Å²) in [6.07, 6.45) is -0.808. The van der Waals surface area contributed by atoms with Gasteiger partial charge in [0.1, 0.15) is 0 Å². The van der Waals surface area contributed by atoms with E-state index >= 15 is 0 Å². The standard InChI is InChI=1S/C9H20O3S/c1-6-13(11,12)7(2)8(10)9(3,4)5/h7-8,10H,6H2,1-5H3/t7-,8+/m0/s1. The van der Waals surface area contributed by atoms with Crippen molar-refractivity contribution in [1.29, 1.82) is 0 Å². The molecule has 0 unspecified atom stereocenters. The van der Waals surface area contributed by atoms with Gasteiger partial charge in [0.25, 0.3) is 0 Å². The second-order valence-electron chi connectivity index (χ2n) is 4.47. The van der Waals surface area contributed by atoms with Crippen LogP contribution in [0.15, 0.2) is 0 Å².